The molecule has 1 amide bonds. The van der Waals surface area contributed by atoms with E-state index < -0.39 is 11.7 Å². The van der Waals surface area contributed by atoms with Crippen LogP contribution < -0.4 is 15.7 Å². The van der Waals surface area contributed by atoms with Crippen LogP contribution in [0.5, 0.6) is 5.75 Å². The molecule has 0 aliphatic heterocycles. The lowest BCUT2D eigenvalue weighted by Gasteiger charge is -2.15. The van der Waals surface area contributed by atoms with Gasteiger partial charge < -0.3 is 14.5 Å². The summed E-state index contributed by atoms with van der Waals surface area (Å²) in [6.45, 7) is 3.50. The van der Waals surface area contributed by atoms with Gasteiger partial charge in [-0.15, -0.1) is 0 Å². The molecule has 0 saturated heterocycles. The van der Waals surface area contributed by atoms with Gasteiger partial charge in [0.05, 0.1) is 0 Å². The normalized spacial score (nSPS) is 11.9. The predicted octanol–water partition coefficient (Wildman–Crippen LogP) is 3.51. The molecule has 0 aliphatic rings. The van der Waals surface area contributed by atoms with Crippen LogP contribution in [-0.2, 0) is 4.79 Å². The minimum atomic E-state index is -0.695. The number of anilines is 1. The fourth-order valence-electron chi connectivity index (χ4n) is 2.40. The van der Waals surface area contributed by atoms with Gasteiger partial charge in [0.25, 0.3) is 5.91 Å². The zero-order valence-corrected chi connectivity index (χ0v) is 13.4. The van der Waals surface area contributed by atoms with Gasteiger partial charge in [-0.3, -0.25) is 4.79 Å². The minimum absolute atomic E-state index is 0.257. The fraction of sp³-hybridized carbons (Fsp3) is 0.158. The molecule has 5 heteroatoms. The van der Waals surface area contributed by atoms with Crippen LogP contribution in [0.25, 0.3) is 11.0 Å². The third-order valence-electron chi connectivity index (χ3n) is 3.65. The van der Waals surface area contributed by atoms with Crippen LogP contribution in [0, 0.1) is 6.92 Å². The average Bonchev–Trinajstić information content (AvgIpc) is 2.55. The molecule has 1 aromatic heterocycles. The Bertz CT molecular complexity index is 931. The van der Waals surface area contributed by atoms with E-state index in [4.69, 9.17) is 9.15 Å². The second-order valence-corrected chi connectivity index (χ2v) is 5.52. The molecule has 0 saturated carbocycles. The van der Waals surface area contributed by atoms with Crippen LogP contribution in [0.15, 0.2) is 63.8 Å². The van der Waals surface area contributed by atoms with Crippen molar-refractivity contribution in [2.75, 3.05) is 5.32 Å². The highest BCUT2D eigenvalue weighted by Crippen LogP contribution is 2.23. The van der Waals surface area contributed by atoms with Crippen molar-refractivity contribution in [1.29, 1.82) is 0 Å². The number of carbonyl (C=O) groups excluding carboxylic acids is 1. The summed E-state index contributed by atoms with van der Waals surface area (Å²) < 4.78 is 10.8. The molecule has 3 aromatic rings. The summed E-state index contributed by atoms with van der Waals surface area (Å²) >= 11 is 0. The van der Waals surface area contributed by atoms with Gasteiger partial charge in [-0.1, -0.05) is 18.2 Å². The van der Waals surface area contributed by atoms with Gasteiger partial charge in [0.2, 0.25) is 0 Å². The maximum atomic E-state index is 12.2. The molecule has 24 heavy (non-hydrogen) atoms. The van der Waals surface area contributed by atoms with Crippen molar-refractivity contribution in [3.05, 3.63) is 70.6 Å². The highest BCUT2D eigenvalue weighted by Gasteiger charge is 2.15. The van der Waals surface area contributed by atoms with E-state index in [0.717, 1.165) is 10.9 Å². The van der Waals surface area contributed by atoms with Crippen molar-refractivity contribution in [3.8, 4) is 5.75 Å². The highest BCUT2D eigenvalue weighted by atomic mass is 16.5. The molecule has 3 rings (SSSR count). The van der Waals surface area contributed by atoms with Crippen molar-refractivity contribution < 1.29 is 13.9 Å². The van der Waals surface area contributed by atoms with Gasteiger partial charge >= 0.3 is 5.63 Å². The third kappa shape index (κ3) is 3.46. The second kappa shape index (κ2) is 6.58. The number of aryl methyl sites for hydroxylation is 1. The zero-order valence-electron chi connectivity index (χ0n) is 13.4. The quantitative estimate of drug-likeness (QED) is 0.746. The lowest BCUT2D eigenvalue weighted by Crippen LogP contribution is -2.30. The van der Waals surface area contributed by atoms with E-state index in [9.17, 15) is 9.59 Å². The smallest absolute Gasteiger partial charge is 0.336 e. The van der Waals surface area contributed by atoms with Gasteiger partial charge in [-0.05, 0) is 43.7 Å². The van der Waals surface area contributed by atoms with E-state index in [1.54, 1.807) is 31.2 Å². The maximum absolute atomic E-state index is 12.2. The summed E-state index contributed by atoms with van der Waals surface area (Å²) in [5.41, 5.74) is 1.57. The Kier molecular flexibility index (Phi) is 4.33. The monoisotopic (exact) mass is 323 g/mol. The average molecular weight is 323 g/mol. The van der Waals surface area contributed by atoms with Gasteiger partial charge in [0.1, 0.15) is 11.3 Å². The van der Waals surface area contributed by atoms with Gasteiger partial charge in [0.15, 0.2) is 6.10 Å². The summed E-state index contributed by atoms with van der Waals surface area (Å²) in [7, 11) is 0. The van der Waals surface area contributed by atoms with Gasteiger partial charge in [0, 0.05) is 23.2 Å². The van der Waals surface area contributed by atoms with Crippen LogP contribution in [0.4, 0.5) is 5.69 Å². The first-order valence-electron chi connectivity index (χ1n) is 7.60. The van der Waals surface area contributed by atoms with E-state index in [0.29, 0.717) is 17.0 Å². The summed E-state index contributed by atoms with van der Waals surface area (Å²) in [4.78, 5) is 23.7. The van der Waals surface area contributed by atoms with Gasteiger partial charge in [-0.2, -0.15) is 0 Å². The molecule has 0 radical (unpaired) electrons. The van der Waals surface area contributed by atoms with Crippen LogP contribution in [0.2, 0.25) is 0 Å². The first kappa shape index (κ1) is 15.8. The van der Waals surface area contributed by atoms with E-state index >= 15 is 0 Å². The summed E-state index contributed by atoms with van der Waals surface area (Å²) in [5.74, 6) is 0.207. The fourth-order valence-corrected chi connectivity index (χ4v) is 2.40. The molecule has 1 atom stereocenters. The van der Waals surface area contributed by atoms with Crippen molar-refractivity contribution >= 4 is 22.6 Å². The van der Waals surface area contributed by atoms with Crippen molar-refractivity contribution in [3.63, 3.8) is 0 Å². The maximum Gasteiger partial charge on any atom is 0.336 e. The Hall–Kier alpha value is -3.08. The Morgan fingerprint density at radius 1 is 1.12 bits per heavy atom. The van der Waals surface area contributed by atoms with E-state index in [-0.39, 0.29) is 5.91 Å². The lowest BCUT2D eigenvalue weighted by molar-refractivity contribution is -0.122. The topological polar surface area (TPSA) is 68.5 Å². The molecule has 1 heterocycles. The van der Waals surface area contributed by atoms with Crippen molar-refractivity contribution in [2.24, 2.45) is 0 Å². The number of ether oxygens (including phenoxy) is 1. The van der Waals surface area contributed by atoms with Crippen LogP contribution in [0.3, 0.4) is 0 Å². The van der Waals surface area contributed by atoms with Crippen LogP contribution >= 0.6 is 0 Å². The first-order valence-corrected chi connectivity index (χ1v) is 7.60. The molecule has 0 fully saturated rings. The second-order valence-electron chi connectivity index (χ2n) is 5.52. The molecule has 1 N–H and O–H groups in total. The molecule has 2 aromatic carbocycles. The molecule has 0 spiro atoms. The largest absolute Gasteiger partial charge is 0.481 e. The number of fused-ring (bicyclic) bond motifs is 1. The standard InChI is InChI=1S/C19H17NO4/c1-12-10-18(21)24-17-11-15(8-9-16(12)17)23-13(2)19(22)20-14-6-4-3-5-7-14/h3-11,13H,1-2H3,(H,20,22). The molecule has 1 unspecified atom stereocenters. The van der Waals surface area contributed by atoms with Crippen molar-refractivity contribution in [1.82, 2.24) is 0 Å². The SMILES string of the molecule is Cc1cc(=O)oc2cc(OC(C)C(=O)Nc3ccccc3)ccc12. The minimum Gasteiger partial charge on any atom is -0.481 e. The van der Waals surface area contributed by atoms with Crippen molar-refractivity contribution in [2.45, 2.75) is 20.0 Å². The molecule has 122 valence electrons. The Morgan fingerprint density at radius 3 is 2.62 bits per heavy atom. The molecule has 5 nitrogen and oxygen atoms in total. The number of amides is 1. The summed E-state index contributed by atoms with van der Waals surface area (Å²) in [6.07, 6.45) is -0.695. The summed E-state index contributed by atoms with van der Waals surface area (Å²) in [5, 5.41) is 3.62. The third-order valence-corrected chi connectivity index (χ3v) is 3.65. The molecular formula is C19H17NO4. The Labute approximate surface area is 138 Å². The lowest BCUT2D eigenvalue weighted by atomic mass is 10.1. The highest BCUT2D eigenvalue weighted by molar-refractivity contribution is 5.94. The number of rotatable bonds is 4. The number of para-hydroxylation sites is 1. The Balaban J connectivity index is 1.76. The predicted molar refractivity (Wildman–Crippen MR) is 92.4 cm³/mol. The summed E-state index contributed by atoms with van der Waals surface area (Å²) in [6, 6.07) is 15.8. The first-order chi connectivity index (χ1) is 11.5. The Morgan fingerprint density at radius 2 is 1.88 bits per heavy atom. The number of carbonyl (C=O) groups is 1. The van der Waals surface area contributed by atoms with E-state index in [1.807, 2.05) is 31.2 Å². The zero-order chi connectivity index (χ0) is 17.1. The number of hydrogen-bond acceptors (Lipinski definition) is 4. The number of nitrogens with one attached hydrogen (secondary N) is 1. The van der Waals surface area contributed by atoms with Gasteiger partial charge in [-0.25, -0.2) is 4.79 Å². The molecule has 0 aliphatic carbocycles. The van der Waals surface area contributed by atoms with Crippen LogP contribution in [-0.4, -0.2) is 12.0 Å². The number of hydrogen-bond donors (Lipinski definition) is 1. The van der Waals surface area contributed by atoms with E-state index in [1.165, 1.54) is 6.07 Å². The van der Waals surface area contributed by atoms with E-state index in [2.05, 4.69) is 5.32 Å². The molecule has 0 bridgehead atoms. The molecular weight excluding hydrogens is 306 g/mol. The van der Waals surface area contributed by atoms with Crippen LogP contribution in [0.1, 0.15) is 12.5 Å². The number of benzene rings is 2.